The van der Waals surface area contributed by atoms with E-state index in [2.05, 4.69) is 12.1 Å². The highest BCUT2D eigenvalue weighted by atomic mass is 16.5. The van der Waals surface area contributed by atoms with Crippen molar-refractivity contribution >= 4 is 35.2 Å². The van der Waals surface area contributed by atoms with Gasteiger partial charge in [-0.1, -0.05) is 36.4 Å². The number of anilines is 1. The first-order valence-electron chi connectivity index (χ1n) is 15.5. The van der Waals surface area contributed by atoms with E-state index in [1.165, 1.54) is 54.0 Å². The fourth-order valence-corrected chi connectivity index (χ4v) is 7.47. The third-order valence-corrected chi connectivity index (χ3v) is 9.63. The van der Waals surface area contributed by atoms with Gasteiger partial charge in [0.2, 0.25) is 11.8 Å². The van der Waals surface area contributed by atoms with Gasteiger partial charge in [0.25, 0.3) is 0 Å². The SMILES string of the molecule is COc1cccc(C(=O)Oc2ccc(C(=O)COC(=O)c3ccc(N4C(=O)[C@@H]5[C@@H]6C[C@@H]([C@@H]5C4=O)[C@@H](c4ccccc4)C6)cc3)cc2)c1. The average Bonchev–Trinajstić information content (AvgIpc) is 3.78. The third kappa shape index (κ3) is 5.58. The minimum absolute atomic E-state index is 0.144. The van der Waals surface area contributed by atoms with Crippen molar-refractivity contribution in [3.8, 4) is 11.5 Å². The summed E-state index contributed by atoms with van der Waals surface area (Å²) in [5.41, 5.74) is 2.42. The number of esters is 2. The number of nitrogens with zero attached hydrogens (tertiary/aromatic N) is 1. The second kappa shape index (κ2) is 12.3. The normalized spacial score (nSPS) is 22.6. The largest absolute Gasteiger partial charge is 0.497 e. The van der Waals surface area contributed by atoms with Gasteiger partial charge in [0.15, 0.2) is 12.4 Å². The third-order valence-electron chi connectivity index (χ3n) is 9.63. The zero-order valence-electron chi connectivity index (χ0n) is 25.5. The molecule has 2 saturated carbocycles. The van der Waals surface area contributed by atoms with E-state index in [4.69, 9.17) is 14.2 Å². The highest BCUT2D eigenvalue weighted by Gasteiger charge is 2.64. The van der Waals surface area contributed by atoms with E-state index in [1.54, 1.807) is 36.4 Å². The van der Waals surface area contributed by atoms with Crippen LogP contribution in [0.15, 0.2) is 103 Å². The van der Waals surface area contributed by atoms with Crippen LogP contribution in [-0.2, 0) is 14.3 Å². The second-order valence-electron chi connectivity index (χ2n) is 12.2. The van der Waals surface area contributed by atoms with Gasteiger partial charge in [-0.25, -0.2) is 9.59 Å². The van der Waals surface area contributed by atoms with Gasteiger partial charge < -0.3 is 14.2 Å². The lowest BCUT2D eigenvalue weighted by Gasteiger charge is -2.28. The van der Waals surface area contributed by atoms with E-state index in [9.17, 15) is 24.0 Å². The summed E-state index contributed by atoms with van der Waals surface area (Å²) in [6, 6.07) is 28.8. The number of amides is 2. The lowest BCUT2D eigenvalue weighted by atomic mass is 9.73. The van der Waals surface area contributed by atoms with Crippen LogP contribution in [-0.4, -0.2) is 43.3 Å². The van der Waals surface area contributed by atoms with Crippen LogP contribution in [0.25, 0.3) is 0 Å². The number of fused-ring (bicyclic) bond motifs is 5. The molecule has 1 saturated heterocycles. The quantitative estimate of drug-likeness (QED) is 0.0975. The Labute approximate surface area is 271 Å². The smallest absolute Gasteiger partial charge is 0.343 e. The molecule has 2 aliphatic carbocycles. The van der Waals surface area contributed by atoms with E-state index < -0.39 is 24.3 Å². The van der Waals surface area contributed by atoms with Crippen LogP contribution in [0.1, 0.15) is 55.4 Å². The van der Waals surface area contributed by atoms with Gasteiger partial charge in [-0.05, 0) is 103 Å². The van der Waals surface area contributed by atoms with Crippen molar-refractivity contribution in [2.45, 2.75) is 18.8 Å². The first kappa shape index (κ1) is 30.1. The Bertz CT molecular complexity index is 1870. The fourth-order valence-electron chi connectivity index (χ4n) is 7.47. The molecule has 236 valence electrons. The van der Waals surface area contributed by atoms with Gasteiger partial charge in [-0.3, -0.25) is 19.3 Å². The molecule has 1 aliphatic heterocycles. The van der Waals surface area contributed by atoms with E-state index in [0.717, 1.165) is 12.8 Å². The van der Waals surface area contributed by atoms with E-state index in [1.807, 2.05) is 18.2 Å². The number of carbonyl (C=O) groups is 5. The molecule has 3 aliphatic rings. The monoisotopic (exact) mass is 629 g/mol. The molecule has 1 heterocycles. The predicted molar refractivity (Wildman–Crippen MR) is 170 cm³/mol. The standard InChI is InChI=1S/C38H31NO8/c1-45-29-9-5-8-25(18-29)38(44)47-28-16-12-23(13-17-28)32(40)21-46-37(43)24-10-14-27(15-11-24)39-35(41)33-26-19-30(22-6-3-2-4-7-22)31(20-26)34(33)36(39)42/h2-18,26,30-31,33-34H,19-21H2,1H3/t26-,30+,31+,33+,34-/m0/s1. The van der Waals surface area contributed by atoms with Gasteiger partial charge in [0, 0.05) is 5.56 Å². The van der Waals surface area contributed by atoms with Gasteiger partial charge in [0.1, 0.15) is 11.5 Å². The molecule has 2 bridgehead atoms. The molecule has 2 amide bonds. The maximum atomic E-state index is 13.6. The van der Waals surface area contributed by atoms with Crippen molar-refractivity contribution in [1.82, 2.24) is 0 Å². The highest BCUT2D eigenvalue weighted by Crippen LogP contribution is 2.61. The van der Waals surface area contributed by atoms with E-state index in [-0.39, 0.29) is 58.3 Å². The Kier molecular flexibility index (Phi) is 7.89. The summed E-state index contributed by atoms with van der Waals surface area (Å²) in [4.78, 5) is 66.2. The number of Topliss-reactive ketones (excluding diaryl/α,β-unsaturated/α-hetero) is 1. The summed E-state index contributed by atoms with van der Waals surface area (Å²) in [6.45, 7) is -0.499. The Hall–Kier alpha value is -5.57. The van der Waals surface area contributed by atoms with Gasteiger partial charge in [0.05, 0.1) is 35.8 Å². The van der Waals surface area contributed by atoms with Crippen molar-refractivity contribution < 1.29 is 38.2 Å². The first-order chi connectivity index (χ1) is 22.8. The molecule has 5 atom stereocenters. The molecule has 0 spiro atoms. The van der Waals surface area contributed by atoms with Crippen LogP contribution >= 0.6 is 0 Å². The summed E-state index contributed by atoms with van der Waals surface area (Å²) < 4.78 is 15.7. The number of imide groups is 1. The maximum Gasteiger partial charge on any atom is 0.343 e. The molecule has 0 N–H and O–H groups in total. The van der Waals surface area contributed by atoms with Crippen LogP contribution in [0.3, 0.4) is 0 Å². The van der Waals surface area contributed by atoms with Gasteiger partial charge in [-0.15, -0.1) is 0 Å². The van der Waals surface area contributed by atoms with Crippen molar-refractivity contribution in [3.63, 3.8) is 0 Å². The van der Waals surface area contributed by atoms with Crippen LogP contribution in [0, 0.1) is 23.7 Å². The molecule has 9 nitrogen and oxygen atoms in total. The number of hydrogen-bond donors (Lipinski definition) is 0. The lowest BCUT2D eigenvalue weighted by molar-refractivity contribution is -0.123. The zero-order valence-corrected chi connectivity index (χ0v) is 25.5. The number of carbonyl (C=O) groups excluding carboxylic acids is 5. The molecule has 7 rings (SSSR count). The van der Waals surface area contributed by atoms with E-state index in [0.29, 0.717) is 17.0 Å². The van der Waals surface area contributed by atoms with Crippen LogP contribution < -0.4 is 14.4 Å². The molecule has 3 fully saturated rings. The Morgan fingerprint density at radius 2 is 1.40 bits per heavy atom. The molecule has 4 aromatic rings. The molecule has 0 radical (unpaired) electrons. The number of methoxy groups -OCH3 is 1. The Morgan fingerprint density at radius 3 is 2.13 bits per heavy atom. The minimum atomic E-state index is -0.714. The average molecular weight is 630 g/mol. The summed E-state index contributed by atoms with van der Waals surface area (Å²) in [7, 11) is 1.50. The number of ether oxygens (including phenoxy) is 3. The van der Waals surface area contributed by atoms with Crippen molar-refractivity contribution in [1.29, 1.82) is 0 Å². The van der Waals surface area contributed by atoms with Gasteiger partial charge in [-0.2, -0.15) is 0 Å². The Balaban J connectivity index is 0.943. The zero-order chi connectivity index (χ0) is 32.7. The molecular formula is C38H31NO8. The Morgan fingerprint density at radius 1 is 0.702 bits per heavy atom. The minimum Gasteiger partial charge on any atom is -0.497 e. The molecule has 4 aromatic carbocycles. The topological polar surface area (TPSA) is 116 Å². The van der Waals surface area contributed by atoms with Crippen LogP contribution in [0.5, 0.6) is 11.5 Å². The number of benzene rings is 4. The second-order valence-corrected chi connectivity index (χ2v) is 12.2. The predicted octanol–water partition coefficient (Wildman–Crippen LogP) is 5.88. The van der Waals surface area contributed by atoms with Crippen LogP contribution in [0.2, 0.25) is 0 Å². The van der Waals surface area contributed by atoms with E-state index >= 15 is 0 Å². The lowest BCUT2D eigenvalue weighted by Crippen LogP contribution is -2.33. The molecule has 9 heteroatoms. The summed E-state index contributed by atoms with van der Waals surface area (Å²) in [6.07, 6.45) is 1.81. The summed E-state index contributed by atoms with van der Waals surface area (Å²) in [5.74, 6) is -1.31. The summed E-state index contributed by atoms with van der Waals surface area (Å²) in [5, 5.41) is 0. The van der Waals surface area contributed by atoms with Crippen molar-refractivity contribution in [2.75, 3.05) is 18.6 Å². The first-order valence-corrected chi connectivity index (χ1v) is 15.5. The summed E-state index contributed by atoms with van der Waals surface area (Å²) >= 11 is 0. The highest BCUT2D eigenvalue weighted by molar-refractivity contribution is 6.22. The molecule has 0 unspecified atom stereocenters. The number of hydrogen-bond acceptors (Lipinski definition) is 8. The van der Waals surface area contributed by atoms with Gasteiger partial charge >= 0.3 is 11.9 Å². The molecular weight excluding hydrogens is 598 g/mol. The van der Waals surface area contributed by atoms with Crippen LogP contribution in [0.4, 0.5) is 5.69 Å². The maximum absolute atomic E-state index is 13.6. The molecule has 0 aromatic heterocycles. The number of rotatable bonds is 9. The molecule has 47 heavy (non-hydrogen) atoms. The number of ketones is 1. The van der Waals surface area contributed by atoms with Crippen molar-refractivity contribution in [3.05, 3.63) is 125 Å². The fraction of sp³-hybridized carbons (Fsp3) is 0.237. The van der Waals surface area contributed by atoms with Crippen molar-refractivity contribution in [2.24, 2.45) is 23.7 Å².